The molecule has 0 radical (unpaired) electrons. The Morgan fingerprint density at radius 3 is 2.55 bits per heavy atom. The molecule has 1 amide bonds. The zero-order chi connectivity index (χ0) is 23.5. The first-order chi connectivity index (χ1) is 15.9. The summed E-state index contributed by atoms with van der Waals surface area (Å²) in [7, 11) is 0. The van der Waals surface area contributed by atoms with E-state index >= 15 is 0 Å². The van der Waals surface area contributed by atoms with Gasteiger partial charge in [0.05, 0.1) is 11.6 Å². The van der Waals surface area contributed by atoms with Crippen molar-refractivity contribution in [2.24, 2.45) is 0 Å². The molecule has 0 aliphatic carbocycles. The minimum Gasteiger partial charge on any atom is -0.507 e. The van der Waals surface area contributed by atoms with E-state index in [-0.39, 0.29) is 17.4 Å². The molecule has 174 valence electrons. The Labute approximate surface area is 195 Å². The van der Waals surface area contributed by atoms with Gasteiger partial charge >= 0.3 is 0 Å². The number of aliphatic hydroxyl groups excluding tert-OH is 1. The Kier molecular flexibility index (Phi) is 6.84. The minimum absolute atomic E-state index is 0.0816. The van der Waals surface area contributed by atoms with Gasteiger partial charge in [0, 0.05) is 18.5 Å². The van der Waals surface area contributed by atoms with E-state index in [0.29, 0.717) is 12.1 Å². The number of fused-ring (bicyclic) bond motifs is 1. The van der Waals surface area contributed by atoms with Crippen LogP contribution >= 0.6 is 0 Å². The zero-order valence-corrected chi connectivity index (χ0v) is 19.6. The lowest BCUT2D eigenvalue weighted by molar-refractivity contribution is -0.140. The fraction of sp³-hybridized carbons (Fsp3) is 0.407. The number of benzene rings is 2. The number of carbonyl (C=O) groups excluding carboxylic acids is 2. The van der Waals surface area contributed by atoms with Crippen LogP contribution in [-0.4, -0.2) is 58.9 Å². The van der Waals surface area contributed by atoms with Crippen LogP contribution in [0.5, 0.6) is 5.75 Å². The number of aliphatic hydroxyl groups is 1. The van der Waals surface area contributed by atoms with E-state index in [0.717, 1.165) is 49.4 Å². The number of ketones is 1. The summed E-state index contributed by atoms with van der Waals surface area (Å²) in [5.41, 5.74) is 2.50. The van der Waals surface area contributed by atoms with Gasteiger partial charge in [0.15, 0.2) is 0 Å². The Morgan fingerprint density at radius 2 is 1.85 bits per heavy atom. The smallest absolute Gasteiger partial charge is 0.295 e. The molecule has 2 atom stereocenters. The highest BCUT2D eigenvalue weighted by Gasteiger charge is 2.45. The monoisotopic (exact) mass is 448 g/mol. The maximum Gasteiger partial charge on any atom is 0.295 e. The summed E-state index contributed by atoms with van der Waals surface area (Å²) in [4.78, 5) is 30.2. The van der Waals surface area contributed by atoms with E-state index in [1.165, 1.54) is 0 Å². The highest BCUT2D eigenvalue weighted by Crippen LogP contribution is 2.40. The number of ether oxygens (including phenoxy) is 1. The van der Waals surface area contributed by atoms with Crippen LogP contribution in [0.15, 0.2) is 54.1 Å². The number of hydrogen-bond acceptors (Lipinski definition) is 5. The third kappa shape index (κ3) is 4.53. The van der Waals surface area contributed by atoms with Gasteiger partial charge in [0.2, 0.25) is 0 Å². The first-order valence-corrected chi connectivity index (χ1v) is 11.8. The number of nitrogens with zero attached hydrogens (tertiary/aromatic N) is 2. The summed E-state index contributed by atoms with van der Waals surface area (Å²) >= 11 is 0. The van der Waals surface area contributed by atoms with Crippen LogP contribution in [0.3, 0.4) is 0 Å². The summed E-state index contributed by atoms with van der Waals surface area (Å²) in [5.74, 6) is -0.510. The van der Waals surface area contributed by atoms with Gasteiger partial charge in [-0.05, 0) is 62.3 Å². The van der Waals surface area contributed by atoms with Crippen LogP contribution in [0.4, 0.5) is 0 Å². The molecule has 2 aromatic rings. The van der Waals surface area contributed by atoms with Crippen molar-refractivity contribution in [2.75, 3.05) is 26.2 Å². The molecule has 0 saturated carbocycles. The second-order valence-electron chi connectivity index (χ2n) is 8.74. The summed E-state index contributed by atoms with van der Waals surface area (Å²) < 4.78 is 5.76. The van der Waals surface area contributed by atoms with E-state index in [1.807, 2.05) is 49.4 Å². The van der Waals surface area contributed by atoms with Crippen molar-refractivity contribution in [1.82, 2.24) is 9.80 Å². The van der Waals surface area contributed by atoms with E-state index in [1.54, 1.807) is 11.0 Å². The molecule has 0 bridgehead atoms. The van der Waals surface area contributed by atoms with Crippen molar-refractivity contribution in [1.29, 1.82) is 0 Å². The average Bonchev–Trinajstić information content (AvgIpc) is 3.32. The molecule has 2 aromatic carbocycles. The van der Waals surface area contributed by atoms with Crippen molar-refractivity contribution < 1.29 is 19.4 Å². The lowest BCUT2D eigenvalue weighted by Gasteiger charge is -2.26. The molecule has 1 N–H and O–H groups in total. The first kappa shape index (κ1) is 23.1. The van der Waals surface area contributed by atoms with Gasteiger partial charge in [-0.2, -0.15) is 0 Å². The Morgan fingerprint density at radius 1 is 1.12 bits per heavy atom. The van der Waals surface area contributed by atoms with Gasteiger partial charge in [-0.1, -0.05) is 44.2 Å². The van der Waals surface area contributed by atoms with Crippen molar-refractivity contribution >= 4 is 17.4 Å². The summed E-state index contributed by atoms with van der Waals surface area (Å²) in [6.45, 7) is 9.41. The predicted octanol–water partition coefficient (Wildman–Crippen LogP) is 4.16. The Bertz CT molecular complexity index is 1060. The highest BCUT2D eigenvalue weighted by molar-refractivity contribution is 6.46. The van der Waals surface area contributed by atoms with Crippen LogP contribution < -0.4 is 4.74 Å². The molecule has 0 unspecified atom stereocenters. The van der Waals surface area contributed by atoms with Crippen molar-refractivity contribution in [2.45, 2.75) is 45.8 Å². The fourth-order valence-electron chi connectivity index (χ4n) is 4.82. The molecule has 1 saturated heterocycles. The number of hydrogen-bond donors (Lipinski definition) is 1. The quantitative estimate of drug-likeness (QED) is 0.373. The second kappa shape index (κ2) is 9.79. The largest absolute Gasteiger partial charge is 0.507 e. The molecule has 1 fully saturated rings. The third-order valence-electron chi connectivity index (χ3n) is 6.59. The number of Topliss-reactive ketones (excluding diaryl/α,β-unsaturated/α-hetero) is 1. The average molecular weight is 449 g/mol. The molecule has 33 heavy (non-hydrogen) atoms. The van der Waals surface area contributed by atoms with Crippen molar-refractivity contribution in [3.8, 4) is 5.75 Å². The van der Waals surface area contributed by atoms with Gasteiger partial charge in [0.1, 0.15) is 17.6 Å². The van der Waals surface area contributed by atoms with Crippen molar-refractivity contribution in [3.05, 3.63) is 70.8 Å². The van der Waals surface area contributed by atoms with E-state index in [4.69, 9.17) is 4.74 Å². The van der Waals surface area contributed by atoms with Crippen LogP contribution in [0.25, 0.3) is 5.76 Å². The van der Waals surface area contributed by atoms with E-state index < -0.39 is 17.7 Å². The van der Waals surface area contributed by atoms with Crippen LogP contribution in [0, 0.1) is 0 Å². The summed E-state index contributed by atoms with van der Waals surface area (Å²) in [5, 5.41) is 11.3. The zero-order valence-electron chi connectivity index (χ0n) is 19.6. The number of amides is 1. The molecule has 0 aromatic heterocycles. The highest BCUT2D eigenvalue weighted by atomic mass is 16.5. The SMILES string of the molecule is CCN(CC)CCCN1C(=O)C(=O)/C(=C(/O)c2ccc3c(c2)C[C@@H](C)O3)[C@H]1c1ccccc1. The molecule has 6 heteroatoms. The van der Waals surface area contributed by atoms with Crippen LogP contribution in [0.1, 0.15) is 49.9 Å². The topological polar surface area (TPSA) is 70.1 Å². The third-order valence-corrected chi connectivity index (χ3v) is 6.59. The van der Waals surface area contributed by atoms with Gasteiger partial charge < -0.3 is 19.6 Å². The molecule has 2 aliphatic heterocycles. The molecule has 6 nitrogen and oxygen atoms in total. The van der Waals surface area contributed by atoms with Crippen LogP contribution in [-0.2, 0) is 16.0 Å². The fourth-order valence-corrected chi connectivity index (χ4v) is 4.82. The second-order valence-corrected chi connectivity index (χ2v) is 8.74. The van der Waals surface area contributed by atoms with Gasteiger partial charge in [0.25, 0.3) is 11.7 Å². The summed E-state index contributed by atoms with van der Waals surface area (Å²) in [6.07, 6.45) is 1.59. The standard InChI is InChI=1S/C27H32N2O4/c1-4-28(5-2)14-9-15-29-24(19-10-7-6-8-11-19)23(26(31)27(29)32)25(30)20-12-13-22-21(17-20)16-18(3)33-22/h6-8,10-13,17-18,24,30H,4-5,9,14-16H2,1-3H3/b25-23+/t18-,24-/m1/s1. The molecular formula is C27H32N2O4. The predicted molar refractivity (Wildman–Crippen MR) is 128 cm³/mol. The lowest BCUT2D eigenvalue weighted by atomic mass is 9.94. The normalized spacial score (nSPS) is 21.5. The van der Waals surface area contributed by atoms with Crippen LogP contribution in [0.2, 0.25) is 0 Å². The number of likely N-dealkylation sites (tertiary alicyclic amines) is 1. The summed E-state index contributed by atoms with van der Waals surface area (Å²) in [6, 6.07) is 14.3. The molecule has 0 spiro atoms. The molecule has 4 rings (SSSR count). The Hall–Kier alpha value is -3.12. The van der Waals surface area contributed by atoms with Crippen molar-refractivity contribution in [3.63, 3.8) is 0 Å². The van der Waals surface area contributed by atoms with E-state index in [9.17, 15) is 14.7 Å². The maximum atomic E-state index is 13.2. The molecular weight excluding hydrogens is 416 g/mol. The maximum absolute atomic E-state index is 13.2. The number of carbonyl (C=O) groups is 2. The number of rotatable bonds is 8. The van der Waals surface area contributed by atoms with Gasteiger partial charge in [-0.25, -0.2) is 0 Å². The van der Waals surface area contributed by atoms with Gasteiger partial charge in [-0.3, -0.25) is 9.59 Å². The molecule has 2 heterocycles. The van der Waals surface area contributed by atoms with E-state index in [2.05, 4.69) is 18.7 Å². The van der Waals surface area contributed by atoms with Gasteiger partial charge in [-0.15, -0.1) is 0 Å². The molecule has 2 aliphatic rings. The lowest BCUT2D eigenvalue weighted by Crippen LogP contribution is -2.33. The minimum atomic E-state index is -0.630. The first-order valence-electron chi connectivity index (χ1n) is 11.8. The Balaban J connectivity index is 1.71.